The zero-order valence-electron chi connectivity index (χ0n) is 13.8. The molecular weight excluding hydrogens is 320 g/mol. The van der Waals surface area contributed by atoms with Crippen LogP contribution in [0.3, 0.4) is 0 Å². The van der Waals surface area contributed by atoms with Gasteiger partial charge in [0.2, 0.25) is 0 Å². The van der Waals surface area contributed by atoms with Gasteiger partial charge in [0.25, 0.3) is 5.91 Å². The van der Waals surface area contributed by atoms with E-state index < -0.39 is 5.97 Å². The van der Waals surface area contributed by atoms with Crippen molar-refractivity contribution in [2.75, 3.05) is 12.4 Å². The number of amides is 1. The standard InChI is InChI=1S/C19H16N2O4/c1-12-17(19(23)24-2)14(16-9-6-10-25-16)11-15(20-12)18(22)21-13-7-4-3-5-8-13/h3-11H,1-2H3,(H,21,22). The summed E-state index contributed by atoms with van der Waals surface area (Å²) in [5, 5.41) is 2.77. The third-order valence-corrected chi connectivity index (χ3v) is 3.64. The van der Waals surface area contributed by atoms with Gasteiger partial charge in [-0.1, -0.05) is 18.2 Å². The van der Waals surface area contributed by atoms with Gasteiger partial charge < -0.3 is 14.5 Å². The summed E-state index contributed by atoms with van der Waals surface area (Å²) in [7, 11) is 1.30. The molecule has 6 heteroatoms. The monoisotopic (exact) mass is 336 g/mol. The van der Waals surface area contributed by atoms with Crippen molar-refractivity contribution in [1.29, 1.82) is 0 Å². The lowest BCUT2D eigenvalue weighted by molar-refractivity contribution is 0.0599. The summed E-state index contributed by atoms with van der Waals surface area (Å²) >= 11 is 0. The minimum Gasteiger partial charge on any atom is -0.465 e. The second-order valence-electron chi connectivity index (χ2n) is 5.30. The van der Waals surface area contributed by atoms with Crippen LogP contribution >= 0.6 is 0 Å². The van der Waals surface area contributed by atoms with E-state index in [1.54, 1.807) is 31.2 Å². The molecule has 0 fully saturated rings. The van der Waals surface area contributed by atoms with E-state index in [-0.39, 0.29) is 17.2 Å². The molecule has 0 saturated heterocycles. The summed E-state index contributed by atoms with van der Waals surface area (Å²) in [6, 6.07) is 14.0. The molecule has 0 aliphatic carbocycles. The molecule has 0 spiro atoms. The van der Waals surface area contributed by atoms with Crippen molar-refractivity contribution in [3.05, 3.63) is 71.7 Å². The number of para-hydroxylation sites is 1. The minimum absolute atomic E-state index is 0.181. The number of ether oxygens (including phenoxy) is 1. The van der Waals surface area contributed by atoms with Crippen LogP contribution in [0.2, 0.25) is 0 Å². The summed E-state index contributed by atoms with van der Waals surface area (Å²) < 4.78 is 10.2. The Kier molecular flexibility index (Phi) is 4.61. The molecule has 0 unspecified atom stereocenters. The number of nitrogens with zero attached hydrogens (tertiary/aromatic N) is 1. The predicted octanol–water partition coefficient (Wildman–Crippen LogP) is 3.69. The van der Waals surface area contributed by atoms with E-state index >= 15 is 0 Å². The Balaban J connectivity index is 2.04. The summed E-state index contributed by atoms with van der Waals surface area (Å²) in [5.41, 5.74) is 1.96. The normalized spacial score (nSPS) is 10.3. The number of carbonyl (C=O) groups is 2. The second-order valence-corrected chi connectivity index (χ2v) is 5.30. The maximum Gasteiger partial charge on any atom is 0.340 e. The highest BCUT2D eigenvalue weighted by Gasteiger charge is 2.22. The molecule has 25 heavy (non-hydrogen) atoms. The lowest BCUT2D eigenvalue weighted by Crippen LogP contribution is -2.17. The van der Waals surface area contributed by atoms with E-state index in [9.17, 15) is 9.59 Å². The molecule has 0 atom stereocenters. The molecule has 3 rings (SSSR count). The van der Waals surface area contributed by atoms with Crippen LogP contribution in [-0.2, 0) is 4.74 Å². The number of methoxy groups -OCH3 is 1. The molecule has 1 amide bonds. The van der Waals surface area contributed by atoms with Crippen molar-refractivity contribution in [1.82, 2.24) is 4.98 Å². The van der Waals surface area contributed by atoms with Crippen LogP contribution in [0.25, 0.3) is 11.3 Å². The van der Waals surface area contributed by atoms with Crippen LogP contribution in [0.5, 0.6) is 0 Å². The Morgan fingerprint density at radius 2 is 1.88 bits per heavy atom. The summed E-state index contributed by atoms with van der Waals surface area (Å²) in [6.45, 7) is 1.65. The molecule has 1 aromatic carbocycles. The molecule has 0 aliphatic heterocycles. The highest BCUT2D eigenvalue weighted by molar-refractivity contribution is 6.05. The minimum atomic E-state index is -0.536. The molecule has 0 radical (unpaired) electrons. The number of esters is 1. The van der Waals surface area contributed by atoms with Gasteiger partial charge in [0.15, 0.2) is 0 Å². The topological polar surface area (TPSA) is 81.4 Å². The van der Waals surface area contributed by atoms with Crippen molar-refractivity contribution in [2.24, 2.45) is 0 Å². The van der Waals surface area contributed by atoms with Crippen LogP contribution < -0.4 is 5.32 Å². The van der Waals surface area contributed by atoms with Crippen LogP contribution in [-0.4, -0.2) is 24.0 Å². The smallest absolute Gasteiger partial charge is 0.340 e. The number of anilines is 1. The molecule has 3 aromatic rings. The largest absolute Gasteiger partial charge is 0.465 e. The molecule has 1 N–H and O–H groups in total. The first-order valence-corrected chi connectivity index (χ1v) is 7.60. The van der Waals surface area contributed by atoms with Crippen LogP contribution in [0, 0.1) is 6.92 Å². The molecule has 0 bridgehead atoms. The van der Waals surface area contributed by atoms with Crippen molar-refractivity contribution in [3.63, 3.8) is 0 Å². The Morgan fingerprint density at radius 1 is 1.12 bits per heavy atom. The quantitative estimate of drug-likeness (QED) is 0.735. The first-order chi connectivity index (χ1) is 12.1. The Morgan fingerprint density at radius 3 is 2.52 bits per heavy atom. The van der Waals surface area contributed by atoms with Gasteiger partial charge in [-0.2, -0.15) is 0 Å². The lowest BCUT2D eigenvalue weighted by Gasteiger charge is -2.11. The van der Waals surface area contributed by atoms with Crippen molar-refractivity contribution in [3.8, 4) is 11.3 Å². The first-order valence-electron chi connectivity index (χ1n) is 7.60. The number of hydrogen-bond donors (Lipinski definition) is 1. The number of aromatic nitrogens is 1. The van der Waals surface area contributed by atoms with Gasteiger partial charge in [-0.3, -0.25) is 4.79 Å². The summed E-state index contributed by atoms with van der Waals surface area (Å²) in [4.78, 5) is 28.9. The zero-order valence-corrected chi connectivity index (χ0v) is 13.8. The van der Waals surface area contributed by atoms with Gasteiger partial charge in [-0.05, 0) is 37.3 Å². The number of carbonyl (C=O) groups excluding carboxylic acids is 2. The second kappa shape index (κ2) is 7.00. The van der Waals surface area contributed by atoms with Gasteiger partial charge in [-0.25, -0.2) is 9.78 Å². The van der Waals surface area contributed by atoms with Gasteiger partial charge in [0.1, 0.15) is 11.5 Å². The molecule has 126 valence electrons. The van der Waals surface area contributed by atoms with Crippen molar-refractivity contribution >= 4 is 17.6 Å². The molecule has 6 nitrogen and oxygen atoms in total. The van der Waals surface area contributed by atoms with Crippen LogP contribution in [0.1, 0.15) is 26.5 Å². The van der Waals surface area contributed by atoms with E-state index in [1.165, 1.54) is 19.4 Å². The number of furan rings is 1. The number of hydrogen-bond acceptors (Lipinski definition) is 5. The fourth-order valence-electron chi connectivity index (χ4n) is 2.49. The predicted molar refractivity (Wildman–Crippen MR) is 92.4 cm³/mol. The van der Waals surface area contributed by atoms with Gasteiger partial charge >= 0.3 is 5.97 Å². The number of nitrogens with one attached hydrogen (secondary N) is 1. The van der Waals surface area contributed by atoms with Crippen LogP contribution in [0.4, 0.5) is 5.69 Å². The van der Waals surface area contributed by atoms with Gasteiger partial charge in [0.05, 0.1) is 24.6 Å². The molecule has 2 aromatic heterocycles. The van der Waals surface area contributed by atoms with E-state index in [2.05, 4.69) is 10.3 Å². The van der Waals surface area contributed by atoms with Crippen LogP contribution in [0.15, 0.2) is 59.2 Å². The third-order valence-electron chi connectivity index (χ3n) is 3.64. The molecule has 2 heterocycles. The zero-order chi connectivity index (χ0) is 17.8. The molecule has 0 saturated carbocycles. The molecule has 0 aliphatic rings. The molecular formula is C19H16N2O4. The van der Waals surface area contributed by atoms with E-state index in [0.717, 1.165) is 0 Å². The van der Waals surface area contributed by atoms with E-state index in [4.69, 9.17) is 9.15 Å². The highest BCUT2D eigenvalue weighted by Crippen LogP contribution is 2.28. The fraction of sp³-hybridized carbons (Fsp3) is 0.105. The fourth-order valence-corrected chi connectivity index (χ4v) is 2.49. The Bertz CT molecular complexity index is 903. The third kappa shape index (κ3) is 3.42. The van der Waals surface area contributed by atoms with Gasteiger partial charge in [0, 0.05) is 11.3 Å². The number of benzene rings is 1. The highest BCUT2D eigenvalue weighted by atomic mass is 16.5. The number of pyridine rings is 1. The van der Waals surface area contributed by atoms with Gasteiger partial charge in [-0.15, -0.1) is 0 Å². The van der Waals surface area contributed by atoms with E-state index in [0.29, 0.717) is 22.7 Å². The number of aryl methyl sites for hydroxylation is 1. The maximum atomic E-state index is 12.5. The number of rotatable bonds is 4. The SMILES string of the molecule is COC(=O)c1c(-c2ccco2)cc(C(=O)Nc2ccccc2)nc1C. The summed E-state index contributed by atoms with van der Waals surface area (Å²) in [5.74, 6) is -0.454. The van der Waals surface area contributed by atoms with E-state index in [1.807, 2.05) is 18.2 Å². The van der Waals surface area contributed by atoms with Crippen molar-refractivity contribution < 1.29 is 18.7 Å². The first kappa shape index (κ1) is 16.4. The Labute approximate surface area is 144 Å². The average Bonchev–Trinajstić information content (AvgIpc) is 3.15. The Hall–Kier alpha value is -3.41. The average molecular weight is 336 g/mol. The maximum absolute atomic E-state index is 12.5. The lowest BCUT2D eigenvalue weighted by atomic mass is 10.0. The summed E-state index contributed by atoms with van der Waals surface area (Å²) in [6.07, 6.45) is 1.50. The van der Waals surface area contributed by atoms with Crippen molar-refractivity contribution in [2.45, 2.75) is 6.92 Å².